The minimum atomic E-state index is -1.01. The predicted molar refractivity (Wildman–Crippen MR) is 135 cm³/mol. The smallest absolute Gasteiger partial charge is 0.278 e. The van der Waals surface area contributed by atoms with Gasteiger partial charge in [0.1, 0.15) is 25.1 Å². The van der Waals surface area contributed by atoms with Gasteiger partial charge in [-0.25, -0.2) is 8.78 Å². The SMILES string of the molecule is O=C1c2c(O)c(=O)ccn2N2CN1C1(/C=C/COc3cc(F)c(F)c4c3[C@H]2c2ncccc2SC4)CCC1. The first kappa shape index (κ1) is 23.3. The summed E-state index contributed by atoms with van der Waals surface area (Å²) in [6.07, 6.45) is 9.03. The molecule has 38 heavy (non-hydrogen) atoms. The summed E-state index contributed by atoms with van der Waals surface area (Å²) in [4.78, 5) is 33.5. The first-order valence-corrected chi connectivity index (χ1v) is 13.3. The molecule has 0 unspecified atom stereocenters. The number of benzene rings is 1. The van der Waals surface area contributed by atoms with E-state index in [1.807, 2.05) is 12.1 Å². The molecule has 7 rings (SSSR count). The van der Waals surface area contributed by atoms with E-state index in [2.05, 4.69) is 4.98 Å². The van der Waals surface area contributed by atoms with E-state index in [0.29, 0.717) is 24.1 Å². The van der Waals surface area contributed by atoms with Gasteiger partial charge in [0.2, 0.25) is 5.43 Å². The Morgan fingerprint density at radius 1 is 1.21 bits per heavy atom. The number of fused-ring (bicyclic) bond motifs is 8. The Bertz CT molecular complexity index is 1600. The van der Waals surface area contributed by atoms with Crippen molar-refractivity contribution in [2.75, 3.05) is 18.3 Å². The van der Waals surface area contributed by atoms with E-state index in [4.69, 9.17) is 4.74 Å². The molecule has 11 heteroatoms. The summed E-state index contributed by atoms with van der Waals surface area (Å²) in [5.41, 5.74) is -0.398. The zero-order chi connectivity index (χ0) is 26.2. The second-order valence-electron chi connectivity index (χ2n) is 9.85. The largest absolute Gasteiger partial charge is 0.502 e. The van der Waals surface area contributed by atoms with Gasteiger partial charge in [-0.1, -0.05) is 6.08 Å². The Kier molecular flexibility index (Phi) is 5.10. The molecule has 2 bridgehead atoms. The lowest BCUT2D eigenvalue weighted by molar-refractivity contribution is 0.0254. The summed E-state index contributed by atoms with van der Waals surface area (Å²) in [5.74, 6) is -2.80. The van der Waals surface area contributed by atoms with Gasteiger partial charge < -0.3 is 14.7 Å². The maximum atomic E-state index is 15.4. The van der Waals surface area contributed by atoms with Crippen LogP contribution in [-0.2, 0) is 5.75 Å². The van der Waals surface area contributed by atoms with Crippen molar-refractivity contribution in [1.82, 2.24) is 14.6 Å². The van der Waals surface area contributed by atoms with Crippen LogP contribution in [0.5, 0.6) is 11.5 Å². The molecular weight excluding hydrogens is 514 g/mol. The highest BCUT2D eigenvalue weighted by Gasteiger charge is 2.49. The molecule has 0 saturated heterocycles. The first-order valence-electron chi connectivity index (χ1n) is 12.3. The fraction of sp³-hybridized carbons (Fsp3) is 0.296. The highest BCUT2D eigenvalue weighted by molar-refractivity contribution is 7.98. The van der Waals surface area contributed by atoms with Gasteiger partial charge in [0.15, 0.2) is 23.1 Å². The third-order valence-electron chi connectivity index (χ3n) is 7.91. The lowest BCUT2D eigenvalue weighted by atomic mass is 9.74. The van der Waals surface area contributed by atoms with E-state index in [9.17, 15) is 19.1 Å². The number of aromatic hydroxyl groups is 1. The number of amides is 1. The molecule has 1 fully saturated rings. The normalized spacial score (nSPS) is 21.7. The molecule has 1 saturated carbocycles. The van der Waals surface area contributed by atoms with E-state index in [1.165, 1.54) is 28.7 Å². The molecule has 8 nitrogen and oxygen atoms in total. The second kappa shape index (κ2) is 8.32. The molecule has 1 spiro atoms. The molecular formula is C27H22F2N4O4S. The van der Waals surface area contributed by atoms with Crippen molar-refractivity contribution in [3.05, 3.63) is 93.2 Å². The maximum Gasteiger partial charge on any atom is 0.278 e. The van der Waals surface area contributed by atoms with Crippen LogP contribution >= 0.6 is 11.8 Å². The third kappa shape index (κ3) is 3.17. The van der Waals surface area contributed by atoms with Gasteiger partial charge in [-0.05, 0) is 37.5 Å². The summed E-state index contributed by atoms with van der Waals surface area (Å²) >= 11 is 1.34. The summed E-state index contributed by atoms with van der Waals surface area (Å²) < 4.78 is 37.8. The van der Waals surface area contributed by atoms with Gasteiger partial charge in [-0.2, -0.15) is 0 Å². The van der Waals surface area contributed by atoms with E-state index >= 15 is 4.39 Å². The topological polar surface area (TPSA) is 87.9 Å². The molecule has 194 valence electrons. The highest BCUT2D eigenvalue weighted by Crippen LogP contribution is 2.49. The third-order valence-corrected chi connectivity index (χ3v) is 9.00. The number of carbonyl (C=O) groups excluding carboxylic acids is 1. The number of thioether (sulfide) groups is 1. The lowest BCUT2D eigenvalue weighted by Crippen LogP contribution is -2.64. The number of halogens is 2. The van der Waals surface area contributed by atoms with Gasteiger partial charge in [-0.3, -0.25) is 24.3 Å². The molecule has 4 aliphatic rings. The predicted octanol–water partition coefficient (Wildman–Crippen LogP) is 3.85. The lowest BCUT2D eigenvalue weighted by Gasteiger charge is -2.53. The van der Waals surface area contributed by atoms with E-state index < -0.39 is 40.3 Å². The van der Waals surface area contributed by atoms with Crippen molar-refractivity contribution in [3.63, 3.8) is 0 Å². The molecule has 1 aromatic carbocycles. The van der Waals surface area contributed by atoms with Crippen molar-refractivity contribution in [2.24, 2.45) is 0 Å². The van der Waals surface area contributed by atoms with Crippen molar-refractivity contribution in [1.29, 1.82) is 0 Å². The standard InChI is InChI=1S/C27H22F2N4O4S/c28-16-12-18-20-15(21(16)29)13-38-19-4-1-9-30-22(19)23(20)33-14-31(27(6-2-7-27)8-3-11-37-18)26(36)24-25(35)17(34)5-10-32(24)33/h1,3-5,8-10,12,23,35H,2,6-7,11,13-14H2/b8-3+/t23-/m0/s1. The van der Waals surface area contributed by atoms with Crippen LogP contribution in [0.25, 0.3) is 0 Å². The van der Waals surface area contributed by atoms with E-state index in [1.54, 1.807) is 28.2 Å². The monoisotopic (exact) mass is 536 g/mol. The number of hydrogen-bond acceptors (Lipinski definition) is 7. The highest BCUT2D eigenvalue weighted by atomic mass is 32.2. The average Bonchev–Trinajstić information content (AvgIpc) is 3.07. The van der Waals surface area contributed by atoms with Crippen LogP contribution in [0.1, 0.15) is 52.6 Å². The Morgan fingerprint density at radius 2 is 2.05 bits per heavy atom. The van der Waals surface area contributed by atoms with Crippen molar-refractivity contribution in [3.8, 4) is 11.5 Å². The molecule has 1 amide bonds. The number of nitrogens with zero attached hydrogens (tertiary/aromatic N) is 4. The summed E-state index contributed by atoms with van der Waals surface area (Å²) in [6, 6.07) is 5.05. The summed E-state index contributed by atoms with van der Waals surface area (Å²) in [7, 11) is 0. The van der Waals surface area contributed by atoms with Crippen LogP contribution in [0.15, 0.2) is 58.5 Å². The van der Waals surface area contributed by atoms with E-state index in [-0.39, 0.29) is 36.0 Å². The van der Waals surface area contributed by atoms with Crippen LogP contribution in [0.3, 0.4) is 0 Å². The van der Waals surface area contributed by atoms with Gasteiger partial charge in [0, 0.05) is 46.3 Å². The number of pyridine rings is 2. The van der Waals surface area contributed by atoms with Crippen molar-refractivity contribution < 1.29 is 23.4 Å². The summed E-state index contributed by atoms with van der Waals surface area (Å²) in [6.45, 7) is 0.147. The van der Waals surface area contributed by atoms with Crippen LogP contribution in [0, 0.1) is 11.6 Å². The van der Waals surface area contributed by atoms with Crippen LogP contribution in [-0.4, -0.2) is 44.4 Å². The molecule has 5 heterocycles. The van der Waals surface area contributed by atoms with Crippen LogP contribution in [0.2, 0.25) is 0 Å². The molecule has 1 N–H and O–H groups in total. The van der Waals surface area contributed by atoms with Crippen molar-refractivity contribution in [2.45, 2.75) is 41.5 Å². The molecule has 3 aliphatic heterocycles. The number of ether oxygens (including phenoxy) is 1. The number of rotatable bonds is 0. The number of hydrogen-bond donors (Lipinski definition) is 1. The molecule has 0 radical (unpaired) electrons. The molecule has 2 aromatic heterocycles. The van der Waals surface area contributed by atoms with Crippen molar-refractivity contribution >= 4 is 17.7 Å². The fourth-order valence-electron chi connectivity index (χ4n) is 5.89. The Morgan fingerprint density at radius 3 is 2.84 bits per heavy atom. The van der Waals surface area contributed by atoms with Crippen LogP contribution in [0.4, 0.5) is 8.78 Å². The molecule has 1 aliphatic carbocycles. The maximum absolute atomic E-state index is 15.4. The van der Waals surface area contributed by atoms with E-state index in [0.717, 1.165) is 17.4 Å². The Hall–Kier alpha value is -3.86. The summed E-state index contributed by atoms with van der Waals surface area (Å²) in [5, 5.41) is 12.6. The van der Waals surface area contributed by atoms with Gasteiger partial charge in [0.05, 0.1) is 11.2 Å². The number of aromatic nitrogens is 2. The Balaban J connectivity index is 1.58. The van der Waals surface area contributed by atoms with Crippen LogP contribution < -0.4 is 15.2 Å². The second-order valence-corrected chi connectivity index (χ2v) is 10.9. The average molecular weight is 537 g/mol. The molecule has 3 aromatic rings. The van der Waals surface area contributed by atoms with Gasteiger partial charge >= 0.3 is 0 Å². The molecule has 1 atom stereocenters. The fourth-order valence-corrected chi connectivity index (χ4v) is 6.96. The zero-order valence-electron chi connectivity index (χ0n) is 20.1. The quantitative estimate of drug-likeness (QED) is 0.437. The van der Waals surface area contributed by atoms with Gasteiger partial charge in [-0.15, -0.1) is 11.8 Å². The zero-order valence-corrected chi connectivity index (χ0v) is 20.9. The first-order chi connectivity index (χ1) is 18.4. The minimum absolute atomic E-state index is 0.0572. The number of carbonyl (C=O) groups is 1. The Labute approximate surface area is 220 Å². The minimum Gasteiger partial charge on any atom is -0.502 e. The van der Waals surface area contributed by atoms with Gasteiger partial charge in [0.25, 0.3) is 5.91 Å².